The highest BCUT2D eigenvalue weighted by Crippen LogP contribution is 2.15. The van der Waals surface area contributed by atoms with Gasteiger partial charge in [0.15, 0.2) is 0 Å². The van der Waals surface area contributed by atoms with Crippen molar-refractivity contribution in [2.24, 2.45) is 5.73 Å². The fraction of sp³-hybridized carbons (Fsp3) is 0.500. The van der Waals surface area contributed by atoms with E-state index >= 15 is 0 Å². The molecule has 2 N–H and O–H groups in total. The summed E-state index contributed by atoms with van der Waals surface area (Å²) in [6.45, 7) is 2.36. The van der Waals surface area contributed by atoms with Gasteiger partial charge in [-0.3, -0.25) is 9.11 Å². The number of benzene rings is 1. The maximum atomic E-state index is 13.9. The van der Waals surface area contributed by atoms with Crippen molar-refractivity contribution in [1.82, 2.24) is 4.90 Å². The molecule has 2 rings (SSSR count). The molecule has 1 aromatic carbocycles. The smallest absolute Gasteiger partial charge is 0.132 e. The van der Waals surface area contributed by atoms with Gasteiger partial charge in [-0.25, -0.2) is 4.39 Å². The number of hydrogen-bond donors (Lipinski definition) is 1. The molecule has 0 spiro atoms. The minimum atomic E-state index is -0.686. The van der Waals surface area contributed by atoms with Crippen LogP contribution in [0.4, 0.5) is 4.39 Å². The molecule has 1 aromatic rings. The largest absolute Gasteiger partial charge is 0.326 e. The predicted octanol–water partition coefficient (Wildman–Crippen LogP) is 0.849. The Hall–Kier alpha value is -0.780. The number of nitrogens with two attached hydrogens (primary N) is 1. The van der Waals surface area contributed by atoms with E-state index in [4.69, 9.17) is 5.73 Å². The van der Waals surface area contributed by atoms with Crippen LogP contribution in [-0.2, 0) is 23.9 Å². The quantitative estimate of drug-likeness (QED) is 0.872. The summed E-state index contributed by atoms with van der Waals surface area (Å²) in [5.41, 5.74) is 6.72. The van der Waals surface area contributed by atoms with Gasteiger partial charge in [-0.05, 0) is 0 Å². The van der Waals surface area contributed by atoms with Crippen molar-refractivity contribution >= 4 is 10.8 Å². The van der Waals surface area contributed by atoms with Gasteiger partial charge in [0.2, 0.25) is 0 Å². The SMILES string of the molecule is NCc1cccc(CN2CCS(=O)CC2)c1F. The summed E-state index contributed by atoms with van der Waals surface area (Å²) in [6, 6.07) is 5.34. The average Bonchev–Trinajstić information content (AvgIpc) is 2.35. The second kappa shape index (κ2) is 5.71. The van der Waals surface area contributed by atoms with Gasteiger partial charge in [0, 0.05) is 59.6 Å². The van der Waals surface area contributed by atoms with Crippen molar-refractivity contribution in [3.63, 3.8) is 0 Å². The molecule has 1 saturated heterocycles. The third kappa shape index (κ3) is 3.12. The first-order chi connectivity index (χ1) is 8.20. The molecule has 1 heterocycles. The standard InChI is InChI=1S/C12H17FN2OS/c13-12-10(8-14)2-1-3-11(12)9-15-4-6-17(16)7-5-15/h1-3H,4-9,14H2. The Morgan fingerprint density at radius 1 is 1.29 bits per heavy atom. The van der Waals surface area contributed by atoms with Crippen LogP contribution in [0.5, 0.6) is 0 Å². The molecule has 0 unspecified atom stereocenters. The lowest BCUT2D eigenvalue weighted by molar-refractivity contribution is 0.287. The summed E-state index contributed by atoms with van der Waals surface area (Å²) in [5, 5.41) is 0. The maximum absolute atomic E-state index is 13.9. The number of halogens is 1. The first-order valence-electron chi connectivity index (χ1n) is 5.74. The van der Waals surface area contributed by atoms with Gasteiger partial charge in [0.05, 0.1) is 0 Å². The maximum Gasteiger partial charge on any atom is 0.132 e. The van der Waals surface area contributed by atoms with E-state index in [1.807, 2.05) is 6.07 Å². The predicted molar refractivity (Wildman–Crippen MR) is 67.4 cm³/mol. The van der Waals surface area contributed by atoms with E-state index in [1.54, 1.807) is 12.1 Å². The van der Waals surface area contributed by atoms with Crippen LogP contribution in [0, 0.1) is 5.82 Å². The Morgan fingerprint density at radius 3 is 2.59 bits per heavy atom. The van der Waals surface area contributed by atoms with Gasteiger partial charge in [0.1, 0.15) is 5.82 Å². The third-order valence-electron chi connectivity index (χ3n) is 3.04. The Labute approximate surface area is 103 Å². The summed E-state index contributed by atoms with van der Waals surface area (Å²) in [6.07, 6.45) is 0. The van der Waals surface area contributed by atoms with Crippen LogP contribution >= 0.6 is 0 Å². The summed E-state index contributed by atoms with van der Waals surface area (Å²) in [5.74, 6) is 1.19. The van der Waals surface area contributed by atoms with E-state index in [1.165, 1.54) is 0 Å². The zero-order chi connectivity index (χ0) is 12.3. The Kier molecular flexibility index (Phi) is 4.25. The summed E-state index contributed by atoms with van der Waals surface area (Å²) in [7, 11) is -0.686. The molecule has 0 saturated carbocycles. The molecule has 5 heteroatoms. The first kappa shape index (κ1) is 12.7. The molecule has 0 aromatic heterocycles. The third-order valence-corrected chi connectivity index (χ3v) is 4.32. The molecule has 1 aliphatic heterocycles. The van der Waals surface area contributed by atoms with Crippen LogP contribution in [0.25, 0.3) is 0 Å². The van der Waals surface area contributed by atoms with E-state index in [9.17, 15) is 8.60 Å². The highest BCUT2D eigenvalue weighted by Gasteiger charge is 2.17. The average molecular weight is 256 g/mol. The minimum Gasteiger partial charge on any atom is -0.326 e. The lowest BCUT2D eigenvalue weighted by atomic mass is 10.1. The van der Waals surface area contributed by atoms with Crippen molar-refractivity contribution in [3.8, 4) is 0 Å². The van der Waals surface area contributed by atoms with E-state index in [0.717, 1.165) is 13.1 Å². The molecule has 17 heavy (non-hydrogen) atoms. The zero-order valence-corrected chi connectivity index (χ0v) is 10.5. The van der Waals surface area contributed by atoms with Gasteiger partial charge < -0.3 is 5.73 Å². The van der Waals surface area contributed by atoms with Crippen LogP contribution in [0.2, 0.25) is 0 Å². The van der Waals surface area contributed by atoms with Gasteiger partial charge in [-0.1, -0.05) is 18.2 Å². The highest BCUT2D eigenvalue weighted by atomic mass is 32.2. The molecule has 0 atom stereocenters. The Bertz CT molecular complexity index is 415. The summed E-state index contributed by atoms with van der Waals surface area (Å²) < 4.78 is 25.2. The molecular formula is C12H17FN2OS. The van der Waals surface area contributed by atoms with Gasteiger partial charge in [-0.15, -0.1) is 0 Å². The molecule has 0 bridgehead atoms. The number of hydrogen-bond acceptors (Lipinski definition) is 3. The second-order valence-electron chi connectivity index (χ2n) is 4.22. The van der Waals surface area contributed by atoms with E-state index in [0.29, 0.717) is 29.2 Å². The summed E-state index contributed by atoms with van der Waals surface area (Å²) >= 11 is 0. The first-order valence-corrected chi connectivity index (χ1v) is 7.23. The van der Waals surface area contributed by atoms with E-state index < -0.39 is 10.8 Å². The van der Waals surface area contributed by atoms with E-state index in [-0.39, 0.29) is 12.4 Å². The van der Waals surface area contributed by atoms with Crippen molar-refractivity contribution in [3.05, 3.63) is 35.1 Å². The van der Waals surface area contributed by atoms with Crippen LogP contribution < -0.4 is 5.73 Å². The second-order valence-corrected chi connectivity index (χ2v) is 5.91. The Balaban J connectivity index is 2.06. The minimum absolute atomic E-state index is 0.193. The monoisotopic (exact) mass is 256 g/mol. The van der Waals surface area contributed by atoms with Gasteiger partial charge in [0.25, 0.3) is 0 Å². The lowest BCUT2D eigenvalue weighted by Crippen LogP contribution is -2.37. The van der Waals surface area contributed by atoms with Crippen molar-refractivity contribution in [1.29, 1.82) is 0 Å². The highest BCUT2D eigenvalue weighted by molar-refractivity contribution is 7.85. The molecule has 3 nitrogen and oxygen atoms in total. The zero-order valence-electron chi connectivity index (χ0n) is 9.69. The normalized spacial score (nSPS) is 18.5. The van der Waals surface area contributed by atoms with Crippen LogP contribution in [0.15, 0.2) is 18.2 Å². The van der Waals surface area contributed by atoms with Gasteiger partial charge in [-0.2, -0.15) is 0 Å². The van der Waals surface area contributed by atoms with Gasteiger partial charge >= 0.3 is 0 Å². The van der Waals surface area contributed by atoms with Crippen LogP contribution in [0.1, 0.15) is 11.1 Å². The topological polar surface area (TPSA) is 46.3 Å². The Morgan fingerprint density at radius 2 is 1.94 bits per heavy atom. The molecule has 0 aliphatic carbocycles. The van der Waals surface area contributed by atoms with E-state index in [2.05, 4.69) is 4.90 Å². The fourth-order valence-electron chi connectivity index (χ4n) is 1.99. The van der Waals surface area contributed by atoms with Crippen LogP contribution in [0.3, 0.4) is 0 Å². The van der Waals surface area contributed by atoms with Crippen molar-refractivity contribution in [2.75, 3.05) is 24.6 Å². The molecule has 0 amide bonds. The number of nitrogens with zero attached hydrogens (tertiary/aromatic N) is 1. The van der Waals surface area contributed by atoms with Crippen molar-refractivity contribution < 1.29 is 8.60 Å². The summed E-state index contributed by atoms with van der Waals surface area (Å²) in [4.78, 5) is 2.14. The fourth-order valence-corrected chi connectivity index (χ4v) is 3.12. The molecule has 1 fully saturated rings. The van der Waals surface area contributed by atoms with Crippen LogP contribution in [-0.4, -0.2) is 33.7 Å². The molecular weight excluding hydrogens is 239 g/mol. The number of rotatable bonds is 3. The molecule has 0 radical (unpaired) electrons. The van der Waals surface area contributed by atoms with Crippen molar-refractivity contribution in [2.45, 2.75) is 13.1 Å². The lowest BCUT2D eigenvalue weighted by Gasteiger charge is -2.26. The molecule has 94 valence electrons. The molecule has 1 aliphatic rings.